The number of nitrogens with one attached hydrogen (secondary N) is 1. The molecule has 2 amide bonds. The fourth-order valence-corrected chi connectivity index (χ4v) is 5.19. The number of hydrogen-bond donors (Lipinski definition) is 1. The van der Waals surface area contributed by atoms with Crippen LogP contribution in [0.25, 0.3) is 10.9 Å². The number of carbonyl (C=O) groups excluding carboxylic acids is 3. The van der Waals surface area contributed by atoms with Gasteiger partial charge in [-0.3, -0.25) is 9.59 Å². The Morgan fingerprint density at radius 3 is 2.56 bits per heavy atom. The largest absolute Gasteiger partial charge is 0.465 e. The first-order valence-electron chi connectivity index (χ1n) is 11.8. The Kier molecular flexibility index (Phi) is 5.63. The van der Waals surface area contributed by atoms with Crippen LogP contribution >= 0.6 is 0 Å². The average molecular weight is 460 g/mol. The lowest BCUT2D eigenvalue weighted by Crippen LogP contribution is -2.63. The second-order valence-corrected chi connectivity index (χ2v) is 9.54. The number of benzene rings is 2. The highest BCUT2D eigenvalue weighted by atomic mass is 16.5. The number of ether oxygens (including phenoxy) is 1. The van der Waals surface area contributed by atoms with Gasteiger partial charge in [-0.25, -0.2) is 4.79 Å². The van der Waals surface area contributed by atoms with Crippen LogP contribution in [-0.4, -0.2) is 58.8 Å². The Morgan fingerprint density at radius 2 is 1.85 bits per heavy atom. The van der Waals surface area contributed by atoms with Crippen LogP contribution in [0.5, 0.6) is 0 Å². The monoisotopic (exact) mass is 459 g/mol. The third kappa shape index (κ3) is 3.65. The number of aromatic amines is 1. The van der Waals surface area contributed by atoms with Crippen molar-refractivity contribution in [3.8, 4) is 0 Å². The van der Waals surface area contributed by atoms with Crippen LogP contribution in [0.4, 0.5) is 0 Å². The van der Waals surface area contributed by atoms with E-state index < -0.39 is 18.1 Å². The van der Waals surface area contributed by atoms with Crippen molar-refractivity contribution in [2.45, 2.75) is 38.8 Å². The van der Waals surface area contributed by atoms with Gasteiger partial charge < -0.3 is 19.5 Å². The zero-order valence-corrected chi connectivity index (χ0v) is 19.7. The quantitative estimate of drug-likeness (QED) is 0.590. The molecule has 2 aliphatic heterocycles. The molecular weight excluding hydrogens is 430 g/mol. The molecular formula is C27H29N3O4. The number of carbonyl (C=O) groups is 3. The normalized spacial score (nSPS) is 20.0. The summed E-state index contributed by atoms with van der Waals surface area (Å²) in [6, 6.07) is 14.2. The van der Waals surface area contributed by atoms with Gasteiger partial charge in [0.25, 0.3) is 0 Å². The van der Waals surface area contributed by atoms with Crippen LogP contribution < -0.4 is 0 Å². The molecule has 3 aromatic rings. The number of methoxy groups -OCH3 is 1. The number of amides is 2. The smallest absolute Gasteiger partial charge is 0.337 e. The van der Waals surface area contributed by atoms with Crippen LogP contribution in [-0.2, 0) is 20.7 Å². The molecule has 1 N–H and O–H groups in total. The maximum absolute atomic E-state index is 13.6. The summed E-state index contributed by atoms with van der Waals surface area (Å²) in [6.45, 7) is 4.92. The first-order valence-corrected chi connectivity index (χ1v) is 11.8. The molecule has 2 atom stereocenters. The Hall–Kier alpha value is -3.61. The number of rotatable bonds is 5. The highest BCUT2D eigenvalue weighted by Gasteiger charge is 2.48. The van der Waals surface area contributed by atoms with E-state index in [1.807, 2.05) is 30.3 Å². The third-order valence-electron chi connectivity index (χ3n) is 6.97. The summed E-state index contributed by atoms with van der Waals surface area (Å²) in [5.74, 6) is -0.00922. The van der Waals surface area contributed by atoms with Crippen LogP contribution in [0.1, 0.15) is 53.5 Å². The van der Waals surface area contributed by atoms with E-state index in [2.05, 4.69) is 24.9 Å². The van der Waals surface area contributed by atoms with Gasteiger partial charge in [0.2, 0.25) is 11.8 Å². The van der Waals surface area contributed by atoms with Gasteiger partial charge in [0, 0.05) is 29.6 Å². The molecule has 0 aliphatic carbocycles. The fourth-order valence-electron chi connectivity index (χ4n) is 5.19. The second-order valence-electron chi connectivity index (χ2n) is 9.54. The summed E-state index contributed by atoms with van der Waals surface area (Å²) in [5.41, 5.74) is 4.28. The van der Waals surface area contributed by atoms with Crippen LogP contribution in [0.3, 0.4) is 0 Å². The molecule has 5 rings (SSSR count). The van der Waals surface area contributed by atoms with E-state index in [4.69, 9.17) is 4.74 Å². The van der Waals surface area contributed by atoms with E-state index in [1.165, 1.54) is 7.11 Å². The van der Waals surface area contributed by atoms with Gasteiger partial charge in [-0.05, 0) is 41.7 Å². The lowest BCUT2D eigenvalue weighted by atomic mass is 9.86. The molecule has 7 nitrogen and oxygen atoms in total. The molecule has 0 radical (unpaired) electrons. The number of aromatic nitrogens is 1. The lowest BCUT2D eigenvalue weighted by molar-refractivity contribution is -0.158. The molecule has 0 saturated carbocycles. The minimum Gasteiger partial charge on any atom is -0.465 e. The summed E-state index contributed by atoms with van der Waals surface area (Å²) in [5, 5.41) is 1.08. The van der Waals surface area contributed by atoms with Gasteiger partial charge in [-0.15, -0.1) is 0 Å². The number of hydrogen-bond acceptors (Lipinski definition) is 4. The Bertz CT molecular complexity index is 1260. The van der Waals surface area contributed by atoms with E-state index >= 15 is 0 Å². The van der Waals surface area contributed by atoms with Gasteiger partial charge in [0.15, 0.2) is 0 Å². The van der Waals surface area contributed by atoms with Gasteiger partial charge in [-0.2, -0.15) is 0 Å². The molecule has 3 heterocycles. The molecule has 176 valence electrons. The van der Waals surface area contributed by atoms with E-state index in [0.29, 0.717) is 24.4 Å². The van der Waals surface area contributed by atoms with Crippen LogP contribution in [0.2, 0.25) is 0 Å². The first-order chi connectivity index (χ1) is 16.4. The maximum Gasteiger partial charge on any atom is 0.337 e. The maximum atomic E-state index is 13.6. The summed E-state index contributed by atoms with van der Waals surface area (Å²) in [7, 11) is 1.35. The first kappa shape index (κ1) is 22.2. The number of piperazine rings is 1. The molecule has 1 saturated heterocycles. The van der Waals surface area contributed by atoms with Gasteiger partial charge in [0.05, 0.1) is 25.3 Å². The number of H-pyrrole nitrogens is 1. The Labute approximate surface area is 198 Å². The van der Waals surface area contributed by atoms with Crippen molar-refractivity contribution in [2.75, 3.05) is 20.2 Å². The Morgan fingerprint density at radius 1 is 1.12 bits per heavy atom. The predicted octanol–water partition coefficient (Wildman–Crippen LogP) is 3.69. The van der Waals surface area contributed by atoms with Gasteiger partial charge >= 0.3 is 5.97 Å². The minimum atomic E-state index is -0.551. The van der Waals surface area contributed by atoms with E-state index in [-0.39, 0.29) is 18.4 Å². The molecule has 0 unspecified atom stereocenters. The summed E-state index contributed by atoms with van der Waals surface area (Å²) < 4.78 is 4.83. The zero-order valence-electron chi connectivity index (χ0n) is 19.7. The molecule has 0 bridgehead atoms. The minimum absolute atomic E-state index is 0.00682. The predicted molar refractivity (Wildman–Crippen MR) is 128 cm³/mol. The molecule has 2 aromatic carbocycles. The highest BCUT2D eigenvalue weighted by Crippen LogP contribution is 2.42. The molecule has 34 heavy (non-hydrogen) atoms. The standard InChI is InChI=1S/C27H29N3O4/c1-16(2)12-13-29-15-23(31)30-22(26(29)32)14-20-19-6-4-5-7-21(19)28-24(20)25(30)17-8-10-18(11-9-17)27(33)34-3/h4-11,16,22,25,28H,12-15H2,1-3H3/t22-,25-/m0/s1. The van der Waals surface area contributed by atoms with Crippen molar-refractivity contribution in [3.63, 3.8) is 0 Å². The van der Waals surface area contributed by atoms with Crippen molar-refractivity contribution in [1.29, 1.82) is 0 Å². The summed E-state index contributed by atoms with van der Waals surface area (Å²) >= 11 is 0. The lowest BCUT2D eigenvalue weighted by Gasteiger charge is -2.47. The molecule has 2 aliphatic rings. The highest BCUT2D eigenvalue weighted by molar-refractivity contribution is 5.97. The van der Waals surface area contributed by atoms with Crippen molar-refractivity contribution in [3.05, 3.63) is 70.9 Å². The van der Waals surface area contributed by atoms with Crippen molar-refractivity contribution in [1.82, 2.24) is 14.8 Å². The Balaban J connectivity index is 1.60. The zero-order chi connectivity index (χ0) is 24.0. The second kappa shape index (κ2) is 8.63. The number of esters is 1. The SMILES string of the molecule is COC(=O)c1ccc([C@H]2c3[nH]c4ccccc4c3C[C@H]3C(=O)N(CCC(C)C)CC(=O)N23)cc1. The number of fused-ring (bicyclic) bond motifs is 4. The van der Waals surface area contributed by atoms with Gasteiger partial charge in [-0.1, -0.05) is 44.2 Å². The van der Waals surface area contributed by atoms with E-state index in [0.717, 1.165) is 34.1 Å². The van der Waals surface area contributed by atoms with Crippen LogP contribution in [0.15, 0.2) is 48.5 Å². The van der Waals surface area contributed by atoms with Crippen molar-refractivity contribution >= 4 is 28.7 Å². The summed E-state index contributed by atoms with van der Waals surface area (Å²) in [4.78, 5) is 46.0. The van der Waals surface area contributed by atoms with Crippen molar-refractivity contribution in [2.24, 2.45) is 5.92 Å². The van der Waals surface area contributed by atoms with E-state index in [1.54, 1.807) is 21.9 Å². The molecule has 1 aromatic heterocycles. The topological polar surface area (TPSA) is 82.7 Å². The molecule has 7 heteroatoms. The van der Waals surface area contributed by atoms with E-state index in [9.17, 15) is 14.4 Å². The molecule has 0 spiro atoms. The van der Waals surface area contributed by atoms with Crippen LogP contribution in [0, 0.1) is 5.92 Å². The number of para-hydroxylation sites is 1. The third-order valence-corrected chi connectivity index (χ3v) is 6.97. The fraction of sp³-hybridized carbons (Fsp3) is 0.370. The van der Waals surface area contributed by atoms with Crippen molar-refractivity contribution < 1.29 is 19.1 Å². The summed E-state index contributed by atoms with van der Waals surface area (Å²) in [6.07, 6.45) is 1.35. The number of nitrogens with zero attached hydrogens (tertiary/aromatic N) is 2. The van der Waals surface area contributed by atoms with Gasteiger partial charge in [0.1, 0.15) is 6.04 Å². The average Bonchev–Trinajstić information content (AvgIpc) is 3.22. The molecule has 1 fully saturated rings.